The van der Waals surface area contributed by atoms with Crippen molar-refractivity contribution in [2.45, 2.75) is 31.4 Å². The van der Waals surface area contributed by atoms with Gasteiger partial charge in [-0.3, -0.25) is 9.53 Å². The first-order valence-electron chi connectivity index (χ1n) is 4.01. The summed E-state index contributed by atoms with van der Waals surface area (Å²) in [5, 5.41) is 0. The van der Waals surface area contributed by atoms with Gasteiger partial charge in [0.05, 0.1) is 12.2 Å². The molecule has 0 spiro atoms. The Morgan fingerprint density at radius 2 is 1.93 bits per heavy atom. The Hall–Kier alpha value is -0.820. The lowest BCUT2D eigenvalue weighted by Crippen LogP contribution is -2.41. The highest BCUT2D eigenvalue weighted by molar-refractivity contribution is 5.75. The lowest BCUT2D eigenvalue weighted by atomic mass is 9.92. The molecule has 1 rings (SSSR count). The van der Waals surface area contributed by atoms with E-state index in [-0.39, 0.29) is 25.6 Å². The van der Waals surface area contributed by atoms with Gasteiger partial charge in [-0.1, -0.05) is 0 Å². The third-order valence-electron chi connectivity index (χ3n) is 1.81. The molecule has 1 amide bonds. The fourth-order valence-corrected chi connectivity index (χ4v) is 1.14. The van der Waals surface area contributed by atoms with Crippen molar-refractivity contribution in [2.24, 2.45) is 5.73 Å². The minimum absolute atomic E-state index is 0.146. The first kappa shape index (κ1) is 11.3. The van der Waals surface area contributed by atoms with Crippen LogP contribution in [-0.4, -0.2) is 31.1 Å². The normalized spacial score (nSPS) is 27.1. The van der Waals surface area contributed by atoms with Gasteiger partial charge in [0.2, 0.25) is 5.91 Å². The van der Waals surface area contributed by atoms with Crippen molar-refractivity contribution in [1.29, 1.82) is 0 Å². The number of ether oxygens (including phenoxy) is 2. The standard InChI is InChI=1S/C7H10F3NO3/c8-7(9,10)14-5-1-4(2-5)13-3-6(11)12/h4-5H,1-3H2,(H2,11,12)/t4-,5+. The number of halogens is 3. The Morgan fingerprint density at radius 1 is 1.36 bits per heavy atom. The van der Waals surface area contributed by atoms with Crippen molar-refractivity contribution in [3.05, 3.63) is 0 Å². The molecular formula is C7H10F3NO3. The lowest BCUT2D eigenvalue weighted by molar-refractivity contribution is -0.357. The molecule has 1 aliphatic carbocycles. The fraction of sp³-hybridized carbons (Fsp3) is 0.857. The number of carbonyl (C=O) groups excluding carboxylic acids is 1. The molecule has 0 bridgehead atoms. The van der Waals surface area contributed by atoms with Crippen LogP contribution in [0.4, 0.5) is 13.2 Å². The number of rotatable bonds is 4. The molecule has 4 nitrogen and oxygen atoms in total. The molecule has 0 heterocycles. The van der Waals surface area contributed by atoms with Crippen molar-refractivity contribution in [2.75, 3.05) is 6.61 Å². The van der Waals surface area contributed by atoms with E-state index in [1.807, 2.05) is 0 Å². The summed E-state index contributed by atoms with van der Waals surface area (Å²) < 4.78 is 43.5. The molecular weight excluding hydrogens is 203 g/mol. The zero-order chi connectivity index (χ0) is 10.8. The minimum atomic E-state index is -4.60. The summed E-state index contributed by atoms with van der Waals surface area (Å²) in [6, 6.07) is 0. The molecule has 82 valence electrons. The molecule has 0 unspecified atom stereocenters. The van der Waals surface area contributed by atoms with E-state index in [4.69, 9.17) is 10.5 Å². The smallest absolute Gasteiger partial charge is 0.368 e. The monoisotopic (exact) mass is 213 g/mol. The molecule has 1 saturated carbocycles. The maximum absolute atomic E-state index is 11.6. The Kier molecular flexibility index (Phi) is 3.33. The number of carbonyl (C=O) groups is 1. The van der Waals surface area contributed by atoms with E-state index in [9.17, 15) is 18.0 Å². The van der Waals surface area contributed by atoms with Gasteiger partial charge in [0.15, 0.2) is 0 Å². The highest BCUT2D eigenvalue weighted by Gasteiger charge is 2.40. The van der Waals surface area contributed by atoms with Crippen LogP contribution in [0.3, 0.4) is 0 Å². The van der Waals surface area contributed by atoms with Crippen LogP contribution in [0.2, 0.25) is 0 Å². The van der Waals surface area contributed by atoms with Crippen molar-refractivity contribution < 1.29 is 27.4 Å². The van der Waals surface area contributed by atoms with Gasteiger partial charge in [0.1, 0.15) is 6.61 Å². The predicted molar refractivity (Wildman–Crippen MR) is 39.1 cm³/mol. The van der Waals surface area contributed by atoms with E-state index >= 15 is 0 Å². The molecule has 0 saturated heterocycles. The molecule has 0 atom stereocenters. The second-order valence-electron chi connectivity index (χ2n) is 3.06. The molecule has 0 aliphatic heterocycles. The third-order valence-corrected chi connectivity index (χ3v) is 1.81. The maximum atomic E-state index is 11.6. The molecule has 1 fully saturated rings. The summed E-state index contributed by atoms with van der Waals surface area (Å²) in [4.78, 5) is 10.2. The number of hydrogen-bond donors (Lipinski definition) is 1. The fourth-order valence-electron chi connectivity index (χ4n) is 1.14. The summed E-state index contributed by atoms with van der Waals surface area (Å²) in [6.07, 6.45) is -5.51. The number of alkyl halides is 3. The topological polar surface area (TPSA) is 61.6 Å². The van der Waals surface area contributed by atoms with Gasteiger partial charge in [-0.05, 0) is 0 Å². The van der Waals surface area contributed by atoms with Crippen molar-refractivity contribution in [3.63, 3.8) is 0 Å². The van der Waals surface area contributed by atoms with E-state index < -0.39 is 18.4 Å². The highest BCUT2D eigenvalue weighted by Crippen LogP contribution is 2.31. The molecule has 14 heavy (non-hydrogen) atoms. The zero-order valence-corrected chi connectivity index (χ0v) is 7.21. The first-order chi connectivity index (χ1) is 6.37. The largest absolute Gasteiger partial charge is 0.522 e. The van der Waals surface area contributed by atoms with Gasteiger partial charge in [-0.25, -0.2) is 0 Å². The van der Waals surface area contributed by atoms with Crippen LogP contribution in [0.1, 0.15) is 12.8 Å². The van der Waals surface area contributed by atoms with Crippen molar-refractivity contribution in [1.82, 2.24) is 0 Å². The summed E-state index contributed by atoms with van der Waals surface area (Å²) in [7, 11) is 0. The van der Waals surface area contributed by atoms with Crippen LogP contribution in [0.15, 0.2) is 0 Å². The second kappa shape index (κ2) is 4.14. The van der Waals surface area contributed by atoms with Crippen LogP contribution in [0, 0.1) is 0 Å². The Balaban J connectivity index is 2.09. The SMILES string of the molecule is NC(=O)CO[C@H]1C[C@@H](OC(F)(F)F)C1. The van der Waals surface area contributed by atoms with E-state index in [0.717, 1.165) is 0 Å². The zero-order valence-electron chi connectivity index (χ0n) is 7.21. The van der Waals surface area contributed by atoms with E-state index in [1.54, 1.807) is 0 Å². The van der Waals surface area contributed by atoms with Crippen LogP contribution in [0.25, 0.3) is 0 Å². The van der Waals surface area contributed by atoms with Gasteiger partial charge in [0.25, 0.3) is 0 Å². The van der Waals surface area contributed by atoms with Crippen LogP contribution >= 0.6 is 0 Å². The molecule has 0 radical (unpaired) electrons. The number of hydrogen-bond acceptors (Lipinski definition) is 3. The highest BCUT2D eigenvalue weighted by atomic mass is 19.4. The van der Waals surface area contributed by atoms with E-state index in [1.165, 1.54) is 0 Å². The average molecular weight is 213 g/mol. The summed E-state index contributed by atoms with van der Waals surface area (Å²) in [5.74, 6) is -0.634. The third kappa shape index (κ3) is 3.93. The number of nitrogens with two attached hydrogens (primary N) is 1. The van der Waals surface area contributed by atoms with E-state index in [0.29, 0.717) is 0 Å². The Labute approximate surface area is 78.1 Å². The van der Waals surface area contributed by atoms with Gasteiger partial charge in [-0.15, -0.1) is 13.2 Å². The van der Waals surface area contributed by atoms with Gasteiger partial charge >= 0.3 is 6.36 Å². The molecule has 2 N–H and O–H groups in total. The quantitative estimate of drug-likeness (QED) is 0.742. The first-order valence-corrected chi connectivity index (χ1v) is 4.01. The average Bonchev–Trinajstić information content (AvgIpc) is 1.90. The Bertz CT molecular complexity index is 213. The molecule has 0 aromatic rings. The molecule has 0 aromatic carbocycles. The molecule has 0 aromatic heterocycles. The summed E-state index contributed by atoms with van der Waals surface area (Å²) >= 11 is 0. The number of amides is 1. The lowest BCUT2D eigenvalue weighted by Gasteiger charge is -2.34. The van der Waals surface area contributed by atoms with Gasteiger partial charge in [0, 0.05) is 12.8 Å². The summed E-state index contributed by atoms with van der Waals surface area (Å²) in [6.45, 7) is -0.261. The second-order valence-corrected chi connectivity index (χ2v) is 3.06. The van der Waals surface area contributed by atoms with Gasteiger partial charge < -0.3 is 10.5 Å². The van der Waals surface area contributed by atoms with Crippen LogP contribution in [0.5, 0.6) is 0 Å². The van der Waals surface area contributed by atoms with Crippen LogP contribution < -0.4 is 5.73 Å². The van der Waals surface area contributed by atoms with Crippen molar-refractivity contribution >= 4 is 5.91 Å². The number of primary amides is 1. The van der Waals surface area contributed by atoms with Crippen LogP contribution in [-0.2, 0) is 14.3 Å². The maximum Gasteiger partial charge on any atom is 0.522 e. The van der Waals surface area contributed by atoms with Gasteiger partial charge in [-0.2, -0.15) is 0 Å². The van der Waals surface area contributed by atoms with E-state index in [2.05, 4.69) is 4.74 Å². The Morgan fingerprint density at radius 3 is 2.36 bits per heavy atom. The summed E-state index contributed by atoms with van der Waals surface area (Å²) in [5.41, 5.74) is 4.78. The molecule has 1 aliphatic rings. The predicted octanol–water partition coefficient (Wildman–Crippen LogP) is 0.556. The molecule has 7 heteroatoms. The minimum Gasteiger partial charge on any atom is -0.368 e. The van der Waals surface area contributed by atoms with Crippen molar-refractivity contribution in [3.8, 4) is 0 Å².